The summed E-state index contributed by atoms with van der Waals surface area (Å²) in [6, 6.07) is 6.29. The Bertz CT molecular complexity index is 1140. The van der Waals surface area contributed by atoms with Gasteiger partial charge in [0.25, 0.3) is 15.9 Å². The van der Waals surface area contributed by atoms with E-state index in [1.807, 2.05) is 0 Å². The van der Waals surface area contributed by atoms with Gasteiger partial charge in [0, 0.05) is 13.5 Å². The second-order valence-electron chi connectivity index (χ2n) is 6.45. The Morgan fingerprint density at radius 1 is 1.45 bits per heavy atom. The molecule has 0 bridgehead atoms. The van der Waals surface area contributed by atoms with Gasteiger partial charge in [-0.1, -0.05) is 29.3 Å². The Labute approximate surface area is 180 Å². The SMILES string of the molecule is CN1C(N)=N[C@@]2(c3sc(C(=O)Nc4cccc(Cl)n4)cc3Cl)CCOC2S1(=O)=O. The second-order valence-corrected chi connectivity index (χ2v) is 10.3. The number of aromatic nitrogens is 1. The fraction of sp³-hybridized carbons (Fsp3) is 0.312. The van der Waals surface area contributed by atoms with Crippen LogP contribution in [0.2, 0.25) is 10.2 Å². The molecule has 2 aromatic heterocycles. The monoisotopic (exact) mass is 475 g/mol. The lowest BCUT2D eigenvalue weighted by molar-refractivity contribution is 0.103. The van der Waals surface area contributed by atoms with Crippen molar-refractivity contribution in [3.05, 3.63) is 44.2 Å². The Balaban J connectivity index is 1.73. The van der Waals surface area contributed by atoms with Gasteiger partial charge < -0.3 is 15.8 Å². The normalized spacial score (nSPS) is 25.4. The van der Waals surface area contributed by atoms with Crippen molar-refractivity contribution in [3.63, 3.8) is 0 Å². The number of guanidine groups is 1. The number of nitrogens with two attached hydrogens (primary N) is 1. The number of pyridine rings is 1. The van der Waals surface area contributed by atoms with Crippen molar-refractivity contribution in [3.8, 4) is 0 Å². The molecule has 1 unspecified atom stereocenters. The standard InChI is InChI=1S/C16H15Cl2N5O4S2/c1-23-15(19)22-16(5-6-27-14(16)29(23,25)26)12-8(17)7-9(28-12)13(24)21-11-4-2-3-10(18)20-11/h2-4,7,14H,5-6H2,1H3,(H2,19,22)(H,20,21,24)/t14?,16-/m1/s1. The third kappa shape index (κ3) is 3.26. The van der Waals surface area contributed by atoms with Crippen molar-refractivity contribution >= 4 is 62.2 Å². The molecular weight excluding hydrogens is 461 g/mol. The van der Waals surface area contributed by atoms with Crippen LogP contribution in [0.3, 0.4) is 0 Å². The van der Waals surface area contributed by atoms with Crippen molar-refractivity contribution in [2.75, 3.05) is 19.0 Å². The van der Waals surface area contributed by atoms with Crippen LogP contribution in [0.25, 0.3) is 0 Å². The molecule has 29 heavy (non-hydrogen) atoms. The molecule has 2 atom stereocenters. The number of aliphatic imine (C=N–C) groups is 1. The average Bonchev–Trinajstić information content (AvgIpc) is 3.25. The van der Waals surface area contributed by atoms with Crippen LogP contribution in [-0.4, -0.2) is 48.7 Å². The van der Waals surface area contributed by atoms with Gasteiger partial charge in [-0.15, -0.1) is 11.3 Å². The Kier molecular flexibility index (Phi) is 4.98. The molecule has 0 saturated carbocycles. The van der Waals surface area contributed by atoms with Gasteiger partial charge in [0.2, 0.25) is 11.4 Å². The van der Waals surface area contributed by atoms with Crippen molar-refractivity contribution in [2.24, 2.45) is 10.7 Å². The lowest BCUT2D eigenvalue weighted by atomic mass is 9.97. The largest absolute Gasteiger partial charge is 0.369 e. The molecular formula is C16H15Cl2N5O4S2. The van der Waals surface area contributed by atoms with E-state index in [4.69, 9.17) is 33.7 Å². The highest BCUT2D eigenvalue weighted by Gasteiger charge is 2.59. The number of amides is 1. The number of anilines is 1. The van der Waals surface area contributed by atoms with Crippen LogP contribution in [0.1, 0.15) is 21.0 Å². The summed E-state index contributed by atoms with van der Waals surface area (Å²) >= 11 is 13.3. The van der Waals surface area contributed by atoms with E-state index in [-0.39, 0.29) is 39.9 Å². The summed E-state index contributed by atoms with van der Waals surface area (Å²) < 4.78 is 32.0. The molecule has 0 aromatic carbocycles. The first kappa shape index (κ1) is 20.4. The molecule has 13 heteroatoms. The zero-order valence-electron chi connectivity index (χ0n) is 14.9. The molecule has 0 aliphatic carbocycles. The van der Waals surface area contributed by atoms with Gasteiger partial charge >= 0.3 is 0 Å². The zero-order chi connectivity index (χ0) is 21.0. The fourth-order valence-electron chi connectivity index (χ4n) is 3.27. The number of fused-ring (bicyclic) bond motifs is 1. The molecule has 1 fully saturated rings. The van der Waals surface area contributed by atoms with E-state index in [0.29, 0.717) is 4.88 Å². The number of nitrogens with zero attached hydrogens (tertiary/aromatic N) is 3. The first-order chi connectivity index (χ1) is 13.6. The predicted molar refractivity (Wildman–Crippen MR) is 111 cm³/mol. The van der Waals surface area contributed by atoms with E-state index in [2.05, 4.69) is 15.3 Å². The summed E-state index contributed by atoms with van der Waals surface area (Å²) in [7, 11) is -2.59. The quantitative estimate of drug-likeness (QED) is 0.655. The molecule has 3 N–H and O–H groups in total. The van der Waals surface area contributed by atoms with E-state index >= 15 is 0 Å². The van der Waals surface area contributed by atoms with Crippen molar-refractivity contribution in [1.29, 1.82) is 0 Å². The summed E-state index contributed by atoms with van der Waals surface area (Å²) in [6.07, 6.45) is 0.266. The second kappa shape index (κ2) is 7.10. The molecule has 0 spiro atoms. The van der Waals surface area contributed by atoms with Gasteiger partial charge in [0.05, 0.1) is 21.4 Å². The Morgan fingerprint density at radius 3 is 2.93 bits per heavy atom. The van der Waals surface area contributed by atoms with E-state index in [0.717, 1.165) is 15.6 Å². The summed E-state index contributed by atoms with van der Waals surface area (Å²) in [5.74, 6) is -0.346. The molecule has 1 saturated heterocycles. The van der Waals surface area contributed by atoms with Gasteiger partial charge in [0.1, 0.15) is 16.5 Å². The summed E-state index contributed by atoms with van der Waals surface area (Å²) in [4.78, 5) is 21.8. The van der Waals surface area contributed by atoms with Gasteiger partial charge in [-0.3, -0.25) is 4.79 Å². The van der Waals surface area contributed by atoms with Crippen LogP contribution >= 0.6 is 34.5 Å². The highest BCUT2D eigenvalue weighted by atomic mass is 35.5. The first-order valence-electron chi connectivity index (χ1n) is 8.33. The number of carbonyl (C=O) groups excluding carboxylic acids is 1. The number of hydrogen-bond donors (Lipinski definition) is 2. The summed E-state index contributed by atoms with van der Waals surface area (Å²) in [5.41, 5.74) is 3.30. The molecule has 0 radical (unpaired) electrons. The fourth-order valence-corrected chi connectivity index (χ4v) is 6.73. The van der Waals surface area contributed by atoms with Gasteiger partial charge in [-0.2, -0.15) is 0 Å². The lowest BCUT2D eigenvalue weighted by Gasteiger charge is -2.37. The van der Waals surface area contributed by atoms with Crippen molar-refractivity contribution < 1.29 is 17.9 Å². The maximum absolute atomic E-state index is 12.8. The molecule has 4 heterocycles. The van der Waals surface area contributed by atoms with Gasteiger partial charge in [0.15, 0.2) is 0 Å². The Hall–Kier alpha value is -1.92. The first-order valence-corrected chi connectivity index (χ1v) is 11.4. The average molecular weight is 476 g/mol. The van der Waals surface area contributed by atoms with Crippen LogP contribution < -0.4 is 11.1 Å². The number of carbonyl (C=O) groups is 1. The van der Waals surface area contributed by atoms with Crippen LogP contribution in [0.15, 0.2) is 29.3 Å². The Morgan fingerprint density at radius 2 is 2.21 bits per heavy atom. The zero-order valence-corrected chi connectivity index (χ0v) is 18.1. The van der Waals surface area contributed by atoms with E-state index in [1.165, 1.54) is 13.1 Å². The maximum atomic E-state index is 12.8. The van der Waals surface area contributed by atoms with Crippen molar-refractivity contribution in [1.82, 2.24) is 9.29 Å². The van der Waals surface area contributed by atoms with Crippen LogP contribution in [-0.2, 0) is 20.3 Å². The number of ether oxygens (including phenoxy) is 1. The third-order valence-corrected chi connectivity index (χ3v) is 8.63. The minimum absolute atomic E-state index is 0.162. The van der Waals surface area contributed by atoms with Crippen molar-refractivity contribution in [2.45, 2.75) is 17.4 Å². The van der Waals surface area contributed by atoms with E-state index in [1.54, 1.807) is 18.2 Å². The summed E-state index contributed by atoms with van der Waals surface area (Å²) in [5, 5.41) is 3.08. The van der Waals surface area contributed by atoms with Gasteiger partial charge in [-0.25, -0.2) is 22.7 Å². The lowest BCUT2D eigenvalue weighted by Crippen LogP contribution is -2.55. The van der Waals surface area contributed by atoms with E-state index in [9.17, 15) is 13.2 Å². The topological polar surface area (TPSA) is 127 Å². The predicted octanol–water partition coefficient (Wildman–Crippen LogP) is 2.23. The number of hydrogen-bond acceptors (Lipinski definition) is 8. The molecule has 4 rings (SSSR count). The highest BCUT2D eigenvalue weighted by molar-refractivity contribution is 7.90. The van der Waals surface area contributed by atoms with Crippen LogP contribution in [0, 0.1) is 0 Å². The molecule has 9 nitrogen and oxygen atoms in total. The number of rotatable bonds is 3. The molecule has 154 valence electrons. The number of thiophene rings is 1. The van der Waals surface area contributed by atoms with E-state index < -0.39 is 26.9 Å². The van der Waals surface area contributed by atoms with Crippen LogP contribution in [0.5, 0.6) is 0 Å². The minimum Gasteiger partial charge on any atom is -0.369 e. The van der Waals surface area contributed by atoms with Gasteiger partial charge in [-0.05, 0) is 18.2 Å². The summed E-state index contributed by atoms with van der Waals surface area (Å²) in [6.45, 7) is 0.163. The molecule has 1 amide bonds. The number of halogens is 2. The molecule has 2 aromatic rings. The molecule has 2 aliphatic heterocycles. The number of nitrogens with one attached hydrogen (secondary N) is 1. The maximum Gasteiger partial charge on any atom is 0.267 e. The smallest absolute Gasteiger partial charge is 0.267 e. The van der Waals surface area contributed by atoms with Crippen LogP contribution in [0.4, 0.5) is 5.82 Å². The third-order valence-electron chi connectivity index (χ3n) is 4.69. The highest BCUT2D eigenvalue weighted by Crippen LogP contribution is 2.50. The number of sulfonamides is 1. The minimum atomic E-state index is -3.90. The molecule has 2 aliphatic rings.